The van der Waals surface area contributed by atoms with Crippen molar-refractivity contribution in [2.24, 2.45) is 0 Å². The second kappa shape index (κ2) is 13.7. The number of hydrogen-bond donors (Lipinski definition) is 0. The molecule has 0 radical (unpaired) electrons. The van der Waals surface area contributed by atoms with E-state index in [4.69, 9.17) is 0 Å². The van der Waals surface area contributed by atoms with Crippen molar-refractivity contribution in [3.8, 4) is 22.9 Å². The molecule has 0 spiro atoms. The van der Waals surface area contributed by atoms with Crippen molar-refractivity contribution in [3.05, 3.63) is 105 Å². The molecule has 258 valence electrons. The lowest BCUT2D eigenvalue weighted by Crippen LogP contribution is -2.41. The van der Waals surface area contributed by atoms with Crippen LogP contribution >= 0.6 is 0 Å². The Balaban J connectivity index is 2.13. The van der Waals surface area contributed by atoms with Gasteiger partial charge in [0.1, 0.15) is 0 Å². The molecule has 0 atom stereocenters. The summed E-state index contributed by atoms with van der Waals surface area (Å²) in [6, 6.07) is 18.7. The molecule has 5 aromatic rings. The third kappa shape index (κ3) is 5.90. The minimum Gasteiger partial charge on any atom is -0.120 e. The molecule has 0 N–H and O–H groups in total. The van der Waals surface area contributed by atoms with E-state index in [1.54, 1.807) is 0 Å². The normalized spacial score (nSPS) is 12.4. The van der Waals surface area contributed by atoms with Crippen LogP contribution in [0, 0.1) is 50.6 Å². The van der Waals surface area contributed by atoms with E-state index in [1.807, 2.05) is 0 Å². The Morgan fingerprint density at radius 1 is 0.440 bits per heavy atom. The van der Waals surface area contributed by atoms with Gasteiger partial charge in [0.2, 0.25) is 0 Å². The predicted octanol–water partition coefficient (Wildman–Crippen LogP) is 14.1. The van der Waals surface area contributed by atoms with Crippen LogP contribution < -0.4 is 0 Å². The fourth-order valence-corrected chi connectivity index (χ4v) is 18.0. The van der Waals surface area contributed by atoms with E-state index in [0.29, 0.717) is 22.2 Å². The minimum absolute atomic E-state index is 0.457. The van der Waals surface area contributed by atoms with Gasteiger partial charge in [0.15, 0.2) is 16.1 Å². The number of fused-ring (bicyclic) bond motifs is 4. The van der Waals surface area contributed by atoms with E-state index in [2.05, 4.69) is 182 Å². The van der Waals surface area contributed by atoms with Gasteiger partial charge in [-0.1, -0.05) is 102 Å². The topological polar surface area (TPSA) is 0 Å². The maximum absolute atomic E-state index is 4.57. The van der Waals surface area contributed by atoms with Gasteiger partial charge < -0.3 is 0 Å². The van der Waals surface area contributed by atoms with Gasteiger partial charge in [-0.25, -0.2) is 0 Å². The van der Waals surface area contributed by atoms with Crippen LogP contribution in [0.25, 0.3) is 43.1 Å². The lowest BCUT2D eigenvalue weighted by Gasteiger charge is -2.35. The van der Waals surface area contributed by atoms with Crippen molar-refractivity contribution in [1.82, 2.24) is 0 Å². The van der Waals surface area contributed by atoms with Crippen LogP contribution in [0.3, 0.4) is 0 Å². The minimum atomic E-state index is -2.21. The molecule has 0 unspecified atom stereocenters. The fraction of sp³-hybridized carbons (Fsp3) is 0.375. The van der Waals surface area contributed by atoms with Crippen molar-refractivity contribution >= 4 is 59.2 Å². The molecule has 0 saturated heterocycles. The Kier molecular flexibility index (Phi) is 10.3. The summed E-state index contributed by atoms with van der Waals surface area (Å²) in [5, 5.41) is 12.5. The molecule has 50 heavy (non-hydrogen) atoms. The van der Waals surface area contributed by atoms with Gasteiger partial charge in [0.05, 0.1) is 0 Å². The van der Waals surface area contributed by atoms with E-state index in [1.165, 1.54) is 75.7 Å². The Morgan fingerprint density at radius 3 is 0.840 bits per heavy atom. The molecule has 0 nitrogen and oxygen atoms in total. The fourth-order valence-electron chi connectivity index (χ4n) is 9.18. The highest BCUT2D eigenvalue weighted by Crippen LogP contribution is 2.42. The van der Waals surface area contributed by atoms with Crippen LogP contribution in [0.5, 0.6) is 0 Å². The highest BCUT2D eigenvalue weighted by Gasteiger charge is 2.41. The molecule has 0 aromatic heterocycles. The molecular weight excluding hydrogens is 633 g/mol. The van der Waals surface area contributed by atoms with Crippen molar-refractivity contribution in [2.45, 2.75) is 119 Å². The Bertz CT molecular complexity index is 2050. The molecule has 0 aliphatic rings. The van der Waals surface area contributed by atoms with Crippen LogP contribution in [0.4, 0.5) is 0 Å². The predicted molar refractivity (Wildman–Crippen MR) is 231 cm³/mol. The molecule has 0 saturated carbocycles. The first-order chi connectivity index (χ1) is 23.4. The zero-order chi connectivity index (χ0) is 37.0. The van der Waals surface area contributed by atoms with Gasteiger partial charge in [-0.2, -0.15) is 0 Å². The molecule has 0 heterocycles. The number of aryl methyl sites for hydroxylation is 4. The SMILES string of the molecule is C=C(C)[Si](C#Cc1c2cc3c(C)ccc(C)c3cc2c(C#C[Si](C(=C)C)(C(C)C)C(C)C)c2cc3c(C)ccc(C)c3cc12)(C(C)C)C(C)C. The third-order valence-corrected chi connectivity index (χ3v) is 23.3. The zero-order valence-electron chi connectivity index (χ0n) is 33.3. The van der Waals surface area contributed by atoms with Gasteiger partial charge in [0, 0.05) is 11.1 Å². The zero-order valence-corrected chi connectivity index (χ0v) is 35.3. The highest BCUT2D eigenvalue weighted by molar-refractivity contribution is 6.96. The maximum Gasteiger partial charge on any atom is 0.169 e. The summed E-state index contributed by atoms with van der Waals surface area (Å²) >= 11 is 0. The van der Waals surface area contributed by atoms with Crippen LogP contribution in [-0.4, -0.2) is 16.1 Å². The molecule has 5 rings (SSSR count). The van der Waals surface area contributed by atoms with Crippen LogP contribution in [-0.2, 0) is 0 Å². The summed E-state index contributed by atoms with van der Waals surface area (Å²) in [7, 11) is -4.42. The van der Waals surface area contributed by atoms with Gasteiger partial charge >= 0.3 is 0 Å². The molecule has 0 bridgehead atoms. The number of allylic oxidation sites excluding steroid dienone is 2. The van der Waals surface area contributed by atoms with E-state index in [-0.39, 0.29) is 0 Å². The first kappa shape index (κ1) is 37.4. The Labute approximate surface area is 305 Å². The van der Waals surface area contributed by atoms with Crippen LogP contribution in [0.1, 0.15) is 103 Å². The first-order valence-electron chi connectivity index (χ1n) is 18.6. The maximum atomic E-state index is 4.57. The third-order valence-electron chi connectivity index (χ3n) is 12.1. The van der Waals surface area contributed by atoms with E-state index >= 15 is 0 Å². The van der Waals surface area contributed by atoms with E-state index < -0.39 is 16.1 Å². The van der Waals surface area contributed by atoms with Crippen molar-refractivity contribution in [3.63, 3.8) is 0 Å². The summed E-state index contributed by atoms with van der Waals surface area (Å²) < 4.78 is 0. The lowest BCUT2D eigenvalue weighted by molar-refractivity contribution is 0.920. The Hall–Kier alpha value is -3.83. The van der Waals surface area contributed by atoms with E-state index in [0.717, 1.165) is 11.1 Å². The molecule has 5 aromatic carbocycles. The summed E-state index contributed by atoms with van der Waals surface area (Å²) in [6.07, 6.45) is 0. The molecule has 2 heteroatoms. The summed E-state index contributed by atoms with van der Waals surface area (Å²) in [5.74, 6) is 7.93. The second-order valence-electron chi connectivity index (χ2n) is 16.5. The largest absolute Gasteiger partial charge is 0.169 e. The number of rotatable bonds is 6. The van der Waals surface area contributed by atoms with Crippen LogP contribution in [0.15, 0.2) is 72.1 Å². The van der Waals surface area contributed by atoms with Crippen LogP contribution in [0.2, 0.25) is 22.2 Å². The molecule has 0 fully saturated rings. The van der Waals surface area contributed by atoms with Crippen molar-refractivity contribution in [2.75, 3.05) is 0 Å². The van der Waals surface area contributed by atoms with E-state index in [9.17, 15) is 0 Å². The summed E-state index contributed by atoms with van der Waals surface area (Å²) in [4.78, 5) is 0. The summed E-state index contributed by atoms with van der Waals surface area (Å²) in [5.41, 5.74) is 17.3. The average Bonchev–Trinajstić information content (AvgIpc) is 3.03. The second-order valence-corrected chi connectivity index (χ2v) is 26.8. The van der Waals surface area contributed by atoms with Gasteiger partial charge in [-0.3, -0.25) is 0 Å². The van der Waals surface area contributed by atoms with Crippen molar-refractivity contribution < 1.29 is 0 Å². The first-order valence-corrected chi connectivity index (χ1v) is 22.9. The monoisotopic (exact) mass is 690 g/mol. The molecule has 0 aliphatic carbocycles. The molecule has 0 aliphatic heterocycles. The quantitative estimate of drug-likeness (QED) is 0.0945. The Morgan fingerprint density at radius 2 is 0.660 bits per heavy atom. The average molecular weight is 691 g/mol. The smallest absolute Gasteiger partial charge is 0.120 e. The standard InChI is InChI=1S/C48H58Si2/c1-29(2)49(30(3)4,31(5)6)23-21-39-45-25-41-35(13)17-19-37(15)43(41)27-47(45)40(22-24-50(32(7)8,33(9)10)34(11)12)48-28-44-38(16)20-18-36(14)42(44)26-46(39)48/h17-20,25-28,30-31,33-34H,1,7H2,2-6,8-16H3. The van der Waals surface area contributed by atoms with Gasteiger partial charge in [0.25, 0.3) is 0 Å². The molecular formula is C48H58Si2. The van der Waals surface area contributed by atoms with Crippen molar-refractivity contribution in [1.29, 1.82) is 0 Å². The summed E-state index contributed by atoms with van der Waals surface area (Å²) in [6.45, 7) is 41.3. The lowest BCUT2D eigenvalue weighted by atomic mass is 9.86. The highest BCUT2D eigenvalue weighted by atomic mass is 28.3. The van der Waals surface area contributed by atoms with Gasteiger partial charge in [-0.15, -0.1) is 24.2 Å². The number of benzene rings is 5. The van der Waals surface area contributed by atoms with Gasteiger partial charge in [-0.05, 0) is 153 Å². The number of hydrogen-bond acceptors (Lipinski definition) is 0. The molecule has 0 amide bonds.